The van der Waals surface area contributed by atoms with Gasteiger partial charge in [0, 0.05) is 16.5 Å². The molecule has 130 valence electrons. The predicted molar refractivity (Wildman–Crippen MR) is 98.2 cm³/mol. The van der Waals surface area contributed by atoms with Gasteiger partial charge in [0.05, 0.1) is 0 Å². The van der Waals surface area contributed by atoms with Crippen LogP contribution in [-0.2, 0) is 14.3 Å². The van der Waals surface area contributed by atoms with E-state index in [0.29, 0.717) is 5.56 Å². The molecule has 1 aliphatic rings. The van der Waals surface area contributed by atoms with Gasteiger partial charge >= 0.3 is 5.97 Å². The van der Waals surface area contributed by atoms with Gasteiger partial charge in [-0.05, 0) is 31.9 Å². The van der Waals surface area contributed by atoms with Crippen molar-refractivity contribution < 1.29 is 14.3 Å². The van der Waals surface area contributed by atoms with Gasteiger partial charge in [-0.15, -0.1) is 11.8 Å². The van der Waals surface area contributed by atoms with Crippen molar-refractivity contribution in [3.63, 3.8) is 0 Å². The van der Waals surface area contributed by atoms with E-state index >= 15 is 0 Å². The zero-order valence-electron chi connectivity index (χ0n) is 14.1. The van der Waals surface area contributed by atoms with Gasteiger partial charge in [-0.25, -0.2) is 0 Å². The SMILES string of the molecule is C[C@@H](Sc1ccccc1)C(=O)O[C@@H](C(=O)NC1CC1)c1ccccc1. The Bertz CT molecular complexity index is 716. The van der Waals surface area contributed by atoms with Crippen LogP contribution in [-0.4, -0.2) is 23.2 Å². The molecular weight excluding hydrogens is 334 g/mol. The summed E-state index contributed by atoms with van der Waals surface area (Å²) in [5.41, 5.74) is 0.686. The summed E-state index contributed by atoms with van der Waals surface area (Å²) < 4.78 is 5.59. The normalized spacial score (nSPS) is 15.9. The van der Waals surface area contributed by atoms with Crippen LogP contribution in [0.1, 0.15) is 31.4 Å². The van der Waals surface area contributed by atoms with E-state index in [1.54, 1.807) is 19.1 Å². The molecule has 0 spiro atoms. The van der Waals surface area contributed by atoms with Gasteiger partial charge in [0.2, 0.25) is 6.10 Å². The Morgan fingerprint density at radius 3 is 2.24 bits per heavy atom. The standard InChI is InChI=1S/C20H21NO3S/c1-14(25-17-10-6-3-7-11-17)20(23)24-18(15-8-4-2-5-9-15)19(22)21-16-12-13-16/h2-11,14,16,18H,12-13H2,1H3,(H,21,22)/t14-,18-/m1/s1. The molecule has 1 amide bonds. The zero-order valence-corrected chi connectivity index (χ0v) is 14.9. The predicted octanol–water partition coefficient (Wildman–Crippen LogP) is 3.73. The second-order valence-electron chi connectivity index (χ2n) is 6.08. The second-order valence-corrected chi connectivity index (χ2v) is 7.50. The number of thioether (sulfide) groups is 1. The van der Waals surface area contributed by atoms with Crippen LogP contribution in [0.15, 0.2) is 65.6 Å². The van der Waals surface area contributed by atoms with E-state index < -0.39 is 17.3 Å². The summed E-state index contributed by atoms with van der Waals surface area (Å²) in [4.78, 5) is 26.0. The molecule has 5 heteroatoms. The Balaban J connectivity index is 1.68. The van der Waals surface area contributed by atoms with E-state index in [2.05, 4.69) is 5.32 Å². The first-order valence-corrected chi connectivity index (χ1v) is 9.29. The Morgan fingerprint density at radius 1 is 1.04 bits per heavy atom. The molecule has 1 saturated carbocycles. The number of carbonyl (C=O) groups excluding carboxylic acids is 2. The molecule has 0 saturated heterocycles. The molecule has 25 heavy (non-hydrogen) atoms. The number of nitrogens with one attached hydrogen (secondary N) is 1. The maximum Gasteiger partial charge on any atom is 0.320 e. The van der Waals surface area contributed by atoms with E-state index in [4.69, 9.17) is 4.74 Å². The number of rotatable bonds is 7. The molecule has 1 N–H and O–H groups in total. The zero-order chi connectivity index (χ0) is 17.6. The Kier molecular flexibility index (Phi) is 5.76. The van der Waals surface area contributed by atoms with E-state index in [-0.39, 0.29) is 11.9 Å². The number of benzene rings is 2. The first-order chi connectivity index (χ1) is 12.1. The van der Waals surface area contributed by atoms with Crippen molar-refractivity contribution in [2.45, 2.75) is 42.1 Å². The van der Waals surface area contributed by atoms with Gasteiger partial charge in [-0.2, -0.15) is 0 Å². The average Bonchev–Trinajstić information content (AvgIpc) is 3.45. The molecule has 2 aromatic carbocycles. The van der Waals surface area contributed by atoms with E-state index in [9.17, 15) is 9.59 Å². The highest BCUT2D eigenvalue weighted by molar-refractivity contribution is 8.00. The molecule has 0 unspecified atom stereocenters. The molecule has 0 radical (unpaired) electrons. The highest BCUT2D eigenvalue weighted by Crippen LogP contribution is 2.27. The number of hydrogen-bond acceptors (Lipinski definition) is 4. The minimum atomic E-state index is -0.909. The van der Waals surface area contributed by atoms with Gasteiger partial charge < -0.3 is 10.1 Å². The lowest BCUT2D eigenvalue weighted by atomic mass is 10.1. The summed E-state index contributed by atoms with van der Waals surface area (Å²) in [6, 6.07) is 19.0. The summed E-state index contributed by atoms with van der Waals surface area (Å²) in [6.45, 7) is 1.79. The fourth-order valence-electron chi connectivity index (χ4n) is 2.37. The van der Waals surface area contributed by atoms with Crippen LogP contribution in [0.2, 0.25) is 0 Å². The van der Waals surface area contributed by atoms with Crippen molar-refractivity contribution in [1.29, 1.82) is 0 Å². The summed E-state index contributed by atoms with van der Waals surface area (Å²) in [7, 11) is 0. The minimum Gasteiger partial charge on any atom is -0.446 e. The van der Waals surface area contributed by atoms with Crippen LogP contribution in [0, 0.1) is 0 Å². The average molecular weight is 355 g/mol. The largest absolute Gasteiger partial charge is 0.446 e. The van der Waals surface area contributed by atoms with Crippen molar-refractivity contribution in [3.05, 3.63) is 66.2 Å². The molecule has 3 rings (SSSR count). The number of amides is 1. The molecule has 1 fully saturated rings. The monoisotopic (exact) mass is 355 g/mol. The lowest BCUT2D eigenvalue weighted by molar-refractivity contribution is -0.155. The maximum absolute atomic E-state index is 12.5. The molecule has 0 heterocycles. The smallest absolute Gasteiger partial charge is 0.320 e. The first-order valence-electron chi connectivity index (χ1n) is 8.41. The Morgan fingerprint density at radius 2 is 1.64 bits per heavy atom. The van der Waals surface area contributed by atoms with Gasteiger partial charge in [0.1, 0.15) is 5.25 Å². The highest BCUT2D eigenvalue weighted by Gasteiger charge is 2.32. The summed E-state index contributed by atoms with van der Waals surface area (Å²) in [6.07, 6.45) is 1.07. The van der Waals surface area contributed by atoms with Crippen LogP contribution < -0.4 is 5.32 Å². The van der Waals surface area contributed by atoms with Crippen molar-refractivity contribution >= 4 is 23.6 Å². The highest BCUT2D eigenvalue weighted by atomic mass is 32.2. The number of esters is 1. The van der Waals surface area contributed by atoms with Gasteiger partial charge in [0.15, 0.2) is 0 Å². The van der Waals surface area contributed by atoms with Crippen molar-refractivity contribution in [2.75, 3.05) is 0 Å². The minimum absolute atomic E-state index is 0.216. The van der Waals surface area contributed by atoms with Gasteiger partial charge in [0.25, 0.3) is 5.91 Å². The lowest BCUT2D eigenvalue weighted by Gasteiger charge is -2.20. The van der Waals surface area contributed by atoms with Crippen LogP contribution in [0.3, 0.4) is 0 Å². The molecule has 2 aromatic rings. The Labute approximate surface area is 152 Å². The quantitative estimate of drug-likeness (QED) is 0.607. The summed E-state index contributed by atoms with van der Waals surface area (Å²) in [5, 5.41) is 2.52. The molecule has 0 bridgehead atoms. The number of hydrogen-bond donors (Lipinski definition) is 1. The second kappa shape index (κ2) is 8.21. The lowest BCUT2D eigenvalue weighted by Crippen LogP contribution is -2.34. The topological polar surface area (TPSA) is 55.4 Å². The number of carbonyl (C=O) groups is 2. The van der Waals surface area contributed by atoms with Crippen LogP contribution in [0.25, 0.3) is 0 Å². The third-order valence-corrected chi connectivity index (χ3v) is 4.98. The van der Waals surface area contributed by atoms with Crippen molar-refractivity contribution in [3.8, 4) is 0 Å². The molecule has 0 aliphatic heterocycles. The molecule has 0 aromatic heterocycles. The molecule has 4 nitrogen and oxygen atoms in total. The van der Waals surface area contributed by atoms with Crippen LogP contribution >= 0.6 is 11.8 Å². The fraction of sp³-hybridized carbons (Fsp3) is 0.300. The van der Waals surface area contributed by atoms with E-state index in [1.165, 1.54) is 11.8 Å². The summed E-state index contributed by atoms with van der Waals surface area (Å²) >= 11 is 1.42. The van der Waals surface area contributed by atoms with E-state index in [0.717, 1.165) is 17.7 Å². The van der Waals surface area contributed by atoms with Crippen molar-refractivity contribution in [2.24, 2.45) is 0 Å². The van der Waals surface area contributed by atoms with E-state index in [1.807, 2.05) is 48.5 Å². The van der Waals surface area contributed by atoms with Gasteiger partial charge in [-0.3, -0.25) is 9.59 Å². The van der Waals surface area contributed by atoms with Crippen LogP contribution in [0.4, 0.5) is 0 Å². The third-order valence-electron chi connectivity index (χ3n) is 3.89. The summed E-state index contributed by atoms with van der Waals surface area (Å²) in [5.74, 6) is -0.646. The fourth-order valence-corrected chi connectivity index (χ4v) is 3.24. The molecular formula is C20H21NO3S. The van der Waals surface area contributed by atoms with Crippen LogP contribution in [0.5, 0.6) is 0 Å². The van der Waals surface area contributed by atoms with Gasteiger partial charge in [-0.1, -0.05) is 48.5 Å². The maximum atomic E-state index is 12.5. The first kappa shape index (κ1) is 17.5. The van der Waals surface area contributed by atoms with Crippen molar-refractivity contribution in [1.82, 2.24) is 5.32 Å². The number of ether oxygens (including phenoxy) is 1. The Hall–Kier alpha value is -2.27. The molecule has 2 atom stereocenters. The molecule has 1 aliphatic carbocycles. The third kappa shape index (κ3) is 5.10.